The highest BCUT2D eigenvalue weighted by Gasteiger charge is 2.25. The van der Waals surface area contributed by atoms with Crippen molar-refractivity contribution in [2.45, 2.75) is 6.42 Å². The van der Waals surface area contributed by atoms with Crippen LogP contribution in [0.5, 0.6) is 0 Å². The lowest BCUT2D eigenvalue weighted by Crippen LogP contribution is -2.51. The van der Waals surface area contributed by atoms with Gasteiger partial charge in [-0.25, -0.2) is 4.98 Å². The average Bonchev–Trinajstić information content (AvgIpc) is 3.10. The third-order valence-corrected chi connectivity index (χ3v) is 4.36. The monoisotopic (exact) mass is 315 g/mol. The molecule has 5 nitrogen and oxygen atoms in total. The van der Waals surface area contributed by atoms with Gasteiger partial charge in [-0.05, 0) is 5.56 Å². The predicted octanol–water partition coefficient (Wildman–Crippen LogP) is 1.67. The molecule has 0 atom stereocenters. The average molecular weight is 315 g/mol. The van der Waals surface area contributed by atoms with E-state index in [2.05, 4.69) is 4.98 Å². The molecule has 1 aliphatic rings. The van der Waals surface area contributed by atoms with E-state index in [0.717, 1.165) is 5.56 Å². The Morgan fingerprint density at radius 1 is 1.05 bits per heavy atom. The molecule has 1 aliphatic heterocycles. The second kappa shape index (κ2) is 6.70. The van der Waals surface area contributed by atoms with E-state index in [0.29, 0.717) is 38.3 Å². The summed E-state index contributed by atoms with van der Waals surface area (Å²) in [6.45, 7) is 2.30. The molecular formula is C16H17N3O2S. The van der Waals surface area contributed by atoms with Gasteiger partial charge in [0, 0.05) is 31.6 Å². The number of carbonyl (C=O) groups excluding carboxylic acids is 2. The standard InChI is InChI=1S/C16H17N3O2S/c20-15(10-13-4-2-1-3-5-13)18-6-8-19(9-7-18)16(21)14-11-22-12-17-14/h1-5,11-12H,6-10H2. The van der Waals surface area contributed by atoms with Crippen molar-refractivity contribution in [3.05, 3.63) is 52.5 Å². The number of carbonyl (C=O) groups is 2. The minimum absolute atomic E-state index is 0.0450. The molecule has 0 saturated carbocycles. The molecule has 0 radical (unpaired) electrons. The van der Waals surface area contributed by atoms with Gasteiger partial charge in [0.15, 0.2) is 0 Å². The van der Waals surface area contributed by atoms with Gasteiger partial charge in [-0.15, -0.1) is 11.3 Å². The SMILES string of the molecule is O=C(Cc1ccccc1)N1CCN(C(=O)c2cscn2)CC1. The smallest absolute Gasteiger partial charge is 0.273 e. The lowest BCUT2D eigenvalue weighted by Gasteiger charge is -2.34. The first-order valence-electron chi connectivity index (χ1n) is 7.23. The summed E-state index contributed by atoms with van der Waals surface area (Å²) in [6, 6.07) is 9.73. The normalized spacial score (nSPS) is 14.9. The third kappa shape index (κ3) is 3.33. The van der Waals surface area contributed by atoms with E-state index in [-0.39, 0.29) is 11.8 Å². The van der Waals surface area contributed by atoms with Crippen LogP contribution >= 0.6 is 11.3 Å². The summed E-state index contributed by atoms with van der Waals surface area (Å²) >= 11 is 1.42. The second-order valence-electron chi connectivity index (χ2n) is 5.21. The Hall–Kier alpha value is -2.21. The van der Waals surface area contributed by atoms with Crippen molar-refractivity contribution in [2.24, 2.45) is 0 Å². The highest BCUT2D eigenvalue weighted by atomic mass is 32.1. The number of piperazine rings is 1. The number of nitrogens with zero attached hydrogens (tertiary/aromatic N) is 3. The Labute approximate surface area is 133 Å². The van der Waals surface area contributed by atoms with Crippen LogP contribution in [-0.4, -0.2) is 52.8 Å². The van der Waals surface area contributed by atoms with Gasteiger partial charge in [-0.3, -0.25) is 9.59 Å². The summed E-state index contributed by atoms with van der Waals surface area (Å²) in [5.74, 6) is 0.0726. The minimum atomic E-state index is -0.0450. The van der Waals surface area contributed by atoms with Gasteiger partial charge in [-0.2, -0.15) is 0 Å². The molecule has 22 heavy (non-hydrogen) atoms. The summed E-state index contributed by atoms with van der Waals surface area (Å²) in [4.78, 5) is 32.1. The van der Waals surface area contributed by atoms with E-state index in [1.54, 1.807) is 15.8 Å². The summed E-state index contributed by atoms with van der Waals surface area (Å²) in [5.41, 5.74) is 3.18. The van der Waals surface area contributed by atoms with E-state index >= 15 is 0 Å². The lowest BCUT2D eigenvalue weighted by atomic mass is 10.1. The van der Waals surface area contributed by atoms with Crippen LogP contribution in [-0.2, 0) is 11.2 Å². The number of aromatic nitrogens is 1. The Kier molecular flexibility index (Phi) is 4.48. The largest absolute Gasteiger partial charge is 0.339 e. The molecule has 114 valence electrons. The molecule has 1 aromatic heterocycles. The fourth-order valence-corrected chi connectivity index (χ4v) is 3.05. The number of thiazole rings is 1. The quantitative estimate of drug-likeness (QED) is 0.866. The van der Waals surface area contributed by atoms with Crippen molar-refractivity contribution in [3.8, 4) is 0 Å². The first kappa shape index (κ1) is 14.7. The Morgan fingerprint density at radius 3 is 2.36 bits per heavy atom. The third-order valence-electron chi connectivity index (χ3n) is 3.77. The van der Waals surface area contributed by atoms with Crippen molar-refractivity contribution in [2.75, 3.05) is 26.2 Å². The van der Waals surface area contributed by atoms with Gasteiger partial charge in [-0.1, -0.05) is 30.3 Å². The van der Waals surface area contributed by atoms with Gasteiger partial charge >= 0.3 is 0 Å². The fraction of sp³-hybridized carbons (Fsp3) is 0.312. The molecule has 1 aromatic carbocycles. The molecule has 1 saturated heterocycles. The van der Waals surface area contributed by atoms with Crippen molar-refractivity contribution in [3.63, 3.8) is 0 Å². The molecule has 2 heterocycles. The first-order valence-corrected chi connectivity index (χ1v) is 8.17. The second-order valence-corrected chi connectivity index (χ2v) is 5.93. The zero-order chi connectivity index (χ0) is 15.4. The number of amides is 2. The number of rotatable bonds is 3. The van der Waals surface area contributed by atoms with Gasteiger partial charge in [0.2, 0.25) is 5.91 Å². The van der Waals surface area contributed by atoms with Gasteiger partial charge in [0.05, 0.1) is 11.9 Å². The van der Waals surface area contributed by atoms with Crippen molar-refractivity contribution in [1.82, 2.24) is 14.8 Å². The Morgan fingerprint density at radius 2 is 1.73 bits per heavy atom. The summed E-state index contributed by atoms with van der Waals surface area (Å²) < 4.78 is 0. The van der Waals surface area contributed by atoms with E-state index < -0.39 is 0 Å². The molecule has 2 amide bonds. The molecule has 1 fully saturated rings. The minimum Gasteiger partial charge on any atom is -0.339 e. The topological polar surface area (TPSA) is 53.5 Å². The molecule has 0 unspecified atom stereocenters. The summed E-state index contributed by atoms with van der Waals surface area (Å²) in [5, 5.41) is 1.76. The highest BCUT2D eigenvalue weighted by molar-refractivity contribution is 7.07. The van der Waals surface area contributed by atoms with Crippen LogP contribution in [0.15, 0.2) is 41.2 Å². The lowest BCUT2D eigenvalue weighted by molar-refractivity contribution is -0.131. The number of hydrogen-bond donors (Lipinski definition) is 0. The van der Waals surface area contributed by atoms with Gasteiger partial charge in [0.1, 0.15) is 5.69 Å². The first-order chi connectivity index (χ1) is 10.7. The maximum Gasteiger partial charge on any atom is 0.273 e. The molecule has 0 N–H and O–H groups in total. The summed E-state index contributed by atoms with van der Waals surface area (Å²) in [6.07, 6.45) is 0.418. The molecular weight excluding hydrogens is 298 g/mol. The Balaban J connectivity index is 1.53. The van der Waals surface area contributed by atoms with Gasteiger partial charge in [0.25, 0.3) is 5.91 Å². The highest BCUT2D eigenvalue weighted by Crippen LogP contribution is 2.11. The zero-order valence-electron chi connectivity index (χ0n) is 12.1. The van der Waals surface area contributed by atoms with Crippen molar-refractivity contribution < 1.29 is 9.59 Å². The van der Waals surface area contributed by atoms with Crippen LogP contribution in [0.3, 0.4) is 0 Å². The molecule has 3 rings (SSSR count). The van der Waals surface area contributed by atoms with Crippen molar-refractivity contribution >= 4 is 23.2 Å². The van der Waals surface area contributed by atoms with Crippen LogP contribution in [0.25, 0.3) is 0 Å². The maximum atomic E-state index is 12.3. The van der Waals surface area contributed by atoms with Crippen LogP contribution in [0.2, 0.25) is 0 Å². The van der Waals surface area contributed by atoms with E-state index in [4.69, 9.17) is 0 Å². The van der Waals surface area contributed by atoms with E-state index in [1.807, 2.05) is 35.2 Å². The van der Waals surface area contributed by atoms with E-state index in [1.165, 1.54) is 11.3 Å². The van der Waals surface area contributed by atoms with Crippen LogP contribution in [0.4, 0.5) is 0 Å². The van der Waals surface area contributed by atoms with Crippen LogP contribution < -0.4 is 0 Å². The Bertz CT molecular complexity index is 635. The van der Waals surface area contributed by atoms with E-state index in [9.17, 15) is 9.59 Å². The van der Waals surface area contributed by atoms with Crippen LogP contribution in [0.1, 0.15) is 16.1 Å². The number of benzene rings is 1. The molecule has 0 aliphatic carbocycles. The molecule has 0 bridgehead atoms. The molecule has 0 spiro atoms. The zero-order valence-corrected chi connectivity index (χ0v) is 13.0. The van der Waals surface area contributed by atoms with Gasteiger partial charge < -0.3 is 9.80 Å². The van der Waals surface area contributed by atoms with Crippen LogP contribution in [0, 0.1) is 0 Å². The maximum absolute atomic E-state index is 12.3. The molecule has 6 heteroatoms. The summed E-state index contributed by atoms with van der Waals surface area (Å²) in [7, 11) is 0. The predicted molar refractivity (Wildman–Crippen MR) is 84.7 cm³/mol. The fourth-order valence-electron chi connectivity index (χ4n) is 2.52. The number of hydrogen-bond acceptors (Lipinski definition) is 4. The van der Waals surface area contributed by atoms with Crippen molar-refractivity contribution in [1.29, 1.82) is 0 Å². The molecule has 2 aromatic rings.